The lowest BCUT2D eigenvalue weighted by atomic mass is 10.1. The summed E-state index contributed by atoms with van der Waals surface area (Å²) in [6.07, 6.45) is 0.841. The predicted octanol–water partition coefficient (Wildman–Crippen LogP) is 2.56. The summed E-state index contributed by atoms with van der Waals surface area (Å²) in [6.45, 7) is 2.52. The first kappa shape index (κ1) is 21.0. The van der Waals surface area contributed by atoms with Crippen molar-refractivity contribution in [1.29, 1.82) is 0 Å². The Hall–Kier alpha value is -3.35. The molecule has 0 saturated carbocycles. The maximum atomic E-state index is 12.7. The first-order valence-corrected chi connectivity index (χ1v) is 8.98. The second-order valence-electron chi connectivity index (χ2n) is 6.32. The van der Waals surface area contributed by atoms with Gasteiger partial charge in [-0.2, -0.15) is 0 Å². The lowest BCUT2D eigenvalue weighted by Gasteiger charge is -2.18. The fourth-order valence-corrected chi connectivity index (χ4v) is 2.54. The molecule has 148 valence electrons. The number of ether oxygens (including phenoxy) is 1. The molecule has 0 aromatic heterocycles. The third kappa shape index (κ3) is 6.12. The molecule has 2 amide bonds. The summed E-state index contributed by atoms with van der Waals surface area (Å²) in [5.41, 5.74) is 1.76. The maximum Gasteiger partial charge on any atom is 0.341 e. The lowest BCUT2D eigenvalue weighted by molar-refractivity contribution is -0.139. The highest BCUT2D eigenvalue weighted by atomic mass is 16.5. The summed E-state index contributed by atoms with van der Waals surface area (Å²) in [6, 6.07) is 13.5. The van der Waals surface area contributed by atoms with E-state index in [9.17, 15) is 14.4 Å². The second kappa shape index (κ2) is 10.1. The van der Waals surface area contributed by atoms with E-state index in [2.05, 4.69) is 5.32 Å². The Balaban J connectivity index is 2.00. The Morgan fingerprint density at radius 3 is 2.39 bits per heavy atom. The van der Waals surface area contributed by atoms with Gasteiger partial charge < -0.3 is 20.1 Å². The van der Waals surface area contributed by atoms with Crippen LogP contribution in [0.25, 0.3) is 0 Å². The third-order valence-corrected chi connectivity index (χ3v) is 3.96. The molecule has 0 bridgehead atoms. The van der Waals surface area contributed by atoms with Gasteiger partial charge in [-0.3, -0.25) is 9.59 Å². The van der Waals surface area contributed by atoms with Crippen molar-refractivity contribution < 1.29 is 24.2 Å². The van der Waals surface area contributed by atoms with Crippen molar-refractivity contribution >= 4 is 17.8 Å². The van der Waals surface area contributed by atoms with Crippen molar-refractivity contribution in [3.8, 4) is 5.75 Å². The molecule has 0 spiro atoms. The molecule has 2 aromatic carbocycles. The standard InChI is InChI=1S/C21H24N2O5/c1-3-11-22-20(26)16-5-4-6-17(12-16)21(27)23(2)13-15-7-9-18(10-8-15)28-14-19(24)25/h4-10,12H,3,11,13-14H2,1-2H3,(H,22,26)(H,24,25). The zero-order chi connectivity index (χ0) is 20.5. The van der Waals surface area contributed by atoms with E-state index >= 15 is 0 Å². The van der Waals surface area contributed by atoms with Gasteiger partial charge >= 0.3 is 5.97 Å². The van der Waals surface area contributed by atoms with E-state index in [-0.39, 0.29) is 11.8 Å². The molecule has 0 fully saturated rings. The molecule has 0 radical (unpaired) electrons. The number of nitrogens with zero attached hydrogens (tertiary/aromatic N) is 1. The van der Waals surface area contributed by atoms with Crippen LogP contribution >= 0.6 is 0 Å². The smallest absolute Gasteiger partial charge is 0.341 e. The Bertz CT molecular complexity index is 833. The van der Waals surface area contributed by atoms with Crippen LogP contribution in [-0.2, 0) is 11.3 Å². The molecule has 0 saturated heterocycles. The van der Waals surface area contributed by atoms with Gasteiger partial charge in [-0.25, -0.2) is 4.79 Å². The maximum absolute atomic E-state index is 12.7. The van der Waals surface area contributed by atoms with Gasteiger partial charge in [0.25, 0.3) is 11.8 Å². The summed E-state index contributed by atoms with van der Waals surface area (Å²) >= 11 is 0. The molecule has 7 nitrogen and oxygen atoms in total. The van der Waals surface area contributed by atoms with E-state index in [1.165, 1.54) is 0 Å². The monoisotopic (exact) mass is 384 g/mol. The molecule has 2 aromatic rings. The van der Waals surface area contributed by atoms with Gasteiger partial charge in [-0.05, 0) is 42.3 Å². The van der Waals surface area contributed by atoms with Crippen LogP contribution in [0, 0.1) is 0 Å². The molecule has 2 N–H and O–H groups in total. The van der Waals surface area contributed by atoms with Gasteiger partial charge in [-0.15, -0.1) is 0 Å². The number of nitrogens with one attached hydrogen (secondary N) is 1. The molecule has 2 rings (SSSR count). The Kier molecular flexibility index (Phi) is 7.56. The van der Waals surface area contributed by atoms with Crippen molar-refractivity contribution in [2.75, 3.05) is 20.2 Å². The first-order valence-electron chi connectivity index (χ1n) is 8.98. The minimum Gasteiger partial charge on any atom is -0.482 e. The van der Waals surface area contributed by atoms with E-state index in [1.807, 2.05) is 6.92 Å². The van der Waals surface area contributed by atoms with Crippen LogP contribution in [0.1, 0.15) is 39.6 Å². The van der Waals surface area contributed by atoms with Gasteiger partial charge in [0, 0.05) is 31.3 Å². The van der Waals surface area contributed by atoms with E-state index in [4.69, 9.17) is 9.84 Å². The van der Waals surface area contributed by atoms with Crippen LogP contribution in [0.3, 0.4) is 0 Å². The molecular weight excluding hydrogens is 360 g/mol. The number of aliphatic carboxylic acids is 1. The predicted molar refractivity (Wildman–Crippen MR) is 104 cm³/mol. The largest absolute Gasteiger partial charge is 0.482 e. The van der Waals surface area contributed by atoms with Gasteiger partial charge in [-0.1, -0.05) is 25.1 Å². The highest BCUT2D eigenvalue weighted by Gasteiger charge is 2.14. The van der Waals surface area contributed by atoms with E-state index < -0.39 is 12.6 Å². The van der Waals surface area contributed by atoms with Crippen molar-refractivity contribution in [2.24, 2.45) is 0 Å². The highest BCUT2D eigenvalue weighted by Crippen LogP contribution is 2.15. The number of carbonyl (C=O) groups excluding carboxylic acids is 2. The van der Waals surface area contributed by atoms with E-state index in [0.717, 1.165) is 12.0 Å². The lowest BCUT2D eigenvalue weighted by Crippen LogP contribution is -2.27. The van der Waals surface area contributed by atoms with Crippen molar-refractivity contribution in [1.82, 2.24) is 10.2 Å². The normalized spacial score (nSPS) is 10.2. The second-order valence-corrected chi connectivity index (χ2v) is 6.32. The topological polar surface area (TPSA) is 95.9 Å². The fraction of sp³-hybridized carbons (Fsp3) is 0.286. The Morgan fingerprint density at radius 1 is 1.07 bits per heavy atom. The minimum absolute atomic E-state index is 0.198. The van der Waals surface area contributed by atoms with Crippen LogP contribution in [-0.4, -0.2) is 48.0 Å². The molecule has 7 heteroatoms. The molecule has 0 aliphatic carbocycles. The fourth-order valence-electron chi connectivity index (χ4n) is 2.54. The molecule has 0 aliphatic rings. The quantitative estimate of drug-likeness (QED) is 0.693. The number of benzene rings is 2. The number of hydrogen-bond acceptors (Lipinski definition) is 4. The summed E-state index contributed by atoms with van der Waals surface area (Å²) < 4.78 is 5.09. The zero-order valence-electron chi connectivity index (χ0n) is 16.0. The van der Waals surface area contributed by atoms with Gasteiger partial charge in [0.05, 0.1) is 0 Å². The van der Waals surface area contributed by atoms with E-state index in [1.54, 1.807) is 60.5 Å². The number of carboxylic acid groups (broad SMARTS) is 1. The minimum atomic E-state index is -1.04. The summed E-state index contributed by atoms with van der Waals surface area (Å²) in [7, 11) is 1.68. The van der Waals surface area contributed by atoms with Gasteiger partial charge in [0.15, 0.2) is 6.61 Å². The van der Waals surface area contributed by atoms with Crippen LogP contribution in [0.5, 0.6) is 5.75 Å². The van der Waals surface area contributed by atoms with Crippen LogP contribution < -0.4 is 10.1 Å². The van der Waals surface area contributed by atoms with Crippen LogP contribution in [0.4, 0.5) is 0 Å². The van der Waals surface area contributed by atoms with Crippen molar-refractivity contribution in [2.45, 2.75) is 19.9 Å². The summed E-state index contributed by atoms with van der Waals surface area (Å²) in [5.74, 6) is -0.988. The van der Waals surface area contributed by atoms with Gasteiger partial charge in [0.2, 0.25) is 0 Å². The molecule has 0 atom stereocenters. The molecule has 28 heavy (non-hydrogen) atoms. The molecular formula is C21H24N2O5. The first-order chi connectivity index (χ1) is 13.4. The van der Waals surface area contributed by atoms with Crippen LogP contribution in [0.15, 0.2) is 48.5 Å². The number of hydrogen-bond donors (Lipinski definition) is 2. The van der Waals surface area contributed by atoms with E-state index in [0.29, 0.717) is 30.0 Å². The molecule has 0 heterocycles. The van der Waals surface area contributed by atoms with Crippen LogP contribution in [0.2, 0.25) is 0 Å². The SMILES string of the molecule is CCCNC(=O)c1cccc(C(=O)N(C)Cc2ccc(OCC(=O)O)cc2)c1. The number of rotatable bonds is 9. The average Bonchev–Trinajstić information content (AvgIpc) is 2.70. The molecule has 0 unspecified atom stereocenters. The Labute approximate surface area is 163 Å². The zero-order valence-corrected chi connectivity index (χ0v) is 16.0. The number of carbonyl (C=O) groups is 3. The van der Waals surface area contributed by atoms with Crippen molar-refractivity contribution in [3.05, 3.63) is 65.2 Å². The molecule has 0 aliphatic heterocycles. The van der Waals surface area contributed by atoms with Crippen molar-refractivity contribution in [3.63, 3.8) is 0 Å². The Morgan fingerprint density at radius 2 is 1.75 bits per heavy atom. The number of carboxylic acids is 1. The highest BCUT2D eigenvalue weighted by molar-refractivity contribution is 5.99. The van der Waals surface area contributed by atoms with Gasteiger partial charge in [0.1, 0.15) is 5.75 Å². The third-order valence-electron chi connectivity index (χ3n) is 3.96. The number of amides is 2. The summed E-state index contributed by atoms with van der Waals surface area (Å²) in [4.78, 5) is 36.8. The average molecular weight is 384 g/mol. The summed E-state index contributed by atoms with van der Waals surface area (Å²) in [5, 5.41) is 11.4.